The van der Waals surface area contributed by atoms with Gasteiger partial charge in [-0.15, -0.1) is 0 Å². The molecule has 0 atom stereocenters. The van der Waals surface area contributed by atoms with Crippen LogP contribution < -0.4 is 0 Å². The second kappa shape index (κ2) is 5.91. The third-order valence-corrected chi connectivity index (χ3v) is 3.50. The quantitative estimate of drug-likeness (QED) is 0.599. The summed E-state index contributed by atoms with van der Waals surface area (Å²) in [6.45, 7) is 0. The van der Waals surface area contributed by atoms with Gasteiger partial charge in [-0.1, -0.05) is 35.3 Å². The second-order valence-electron chi connectivity index (χ2n) is 4.52. The molecule has 0 bridgehead atoms. The number of hydrogen-bond acceptors (Lipinski definition) is 3. The van der Waals surface area contributed by atoms with E-state index < -0.39 is 11.8 Å². The largest absolute Gasteiger partial charge is 0.402 e. The van der Waals surface area contributed by atoms with Gasteiger partial charge in [0, 0.05) is 5.02 Å². The molecule has 1 aliphatic rings. The topological polar surface area (TPSA) is 38.7 Å². The number of esters is 1. The van der Waals surface area contributed by atoms with E-state index in [9.17, 15) is 9.18 Å². The van der Waals surface area contributed by atoms with Crippen LogP contribution in [0.2, 0.25) is 10.0 Å². The molecule has 0 aromatic heterocycles. The lowest BCUT2D eigenvalue weighted by Gasteiger charge is -2.02. The first-order chi connectivity index (χ1) is 10.5. The molecule has 3 rings (SSSR count). The summed E-state index contributed by atoms with van der Waals surface area (Å²) in [5, 5.41) is 0.809. The van der Waals surface area contributed by atoms with E-state index >= 15 is 0 Å². The molecule has 0 N–H and O–H groups in total. The molecular weight excluding hydrogens is 328 g/mol. The fourth-order valence-corrected chi connectivity index (χ4v) is 2.31. The zero-order valence-corrected chi connectivity index (χ0v) is 12.5. The Morgan fingerprint density at radius 1 is 1.14 bits per heavy atom. The Morgan fingerprint density at radius 2 is 1.95 bits per heavy atom. The highest BCUT2D eigenvalue weighted by Crippen LogP contribution is 2.26. The van der Waals surface area contributed by atoms with Gasteiger partial charge < -0.3 is 4.74 Å². The van der Waals surface area contributed by atoms with Crippen LogP contribution in [0.3, 0.4) is 0 Å². The van der Waals surface area contributed by atoms with E-state index in [0.717, 1.165) is 0 Å². The van der Waals surface area contributed by atoms with Crippen molar-refractivity contribution in [3.05, 3.63) is 75.2 Å². The van der Waals surface area contributed by atoms with E-state index in [2.05, 4.69) is 4.99 Å². The minimum absolute atomic E-state index is 0.0663. The van der Waals surface area contributed by atoms with Crippen molar-refractivity contribution in [3.8, 4) is 0 Å². The molecule has 110 valence electrons. The number of carbonyl (C=O) groups excluding carboxylic acids is 1. The molecule has 0 amide bonds. The number of hydrogen-bond donors (Lipinski definition) is 0. The summed E-state index contributed by atoms with van der Waals surface area (Å²) < 4.78 is 18.3. The highest BCUT2D eigenvalue weighted by Gasteiger charge is 2.25. The number of aliphatic imine (C=N–C) groups is 1. The molecular formula is C16H8Cl2FNO2. The van der Waals surface area contributed by atoms with Gasteiger partial charge >= 0.3 is 5.97 Å². The highest BCUT2D eigenvalue weighted by atomic mass is 35.5. The molecule has 0 aliphatic carbocycles. The van der Waals surface area contributed by atoms with Gasteiger partial charge in [-0.2, -0.15) is 0 Å². The number of cyclic esters (lactones) is 1. The predicted octanol–water partition coefficient (Wildman–Crippen LogP) is 4.48. The Labute approximate surface area is 135 Å². The Morgan fingerprint density at radius 3 is 2.73 bits per heavy atom. The smallest absolute Gasteiger partial charge is 0.363 e. The minimum atomic E-state index is -0.629. The molecule has 2 aromatic carbocycles. The fraction of sp³-hybridized carbons (Fsp3) is 0. The van der Waals surface area contributed by atoms with Crippen molar-refractivity contribution >= 4 is 41.1 Å². The van der Waals surface area contributed by atoms with Crippen LogP contribution in [0.1, 0.15) is 11.1 Å². The van der Waals surface area contributed by atoms with Crippen LogP contribution in [-0.4, -0.2) is 11.9 Å². The van der Waals surface area contributed by atoms with E-state index in [-0.39, 0.29) is 11.6 Å². The Kier molecular flexibility index (Phi) is 3.96. The number of halogens is 3. The first-order valence-corrected chi connectivity index (χ1v) is 7.02. The zero-order chi connectivity index (χ0) is 15.7. The molecule has 0 spiro atoms. The predicted molar refractivity (Wildman–Crippen MR) is 83.5 cm³/mol. The molecule has 0 saturated carbocycles. The van der Waals surface area contributed by atoms with Gasteiger partial charge in [0.05, 0.1) is 10.6 Å². The maximum absolute atomic E-state index is 13.2. The lowest BCUT2D eigenvalue weighted by molar-refractivity contribution is -0.129. The Bertz CT molecular complexity index is 831. The van der Waals surface area contributed by atoms with Crippen LogP contribution in [0.5, 0.6) is 0 Å². The molecule has 22 heavy (non-hydrogen) atoms. The average Bonchev–Trinajstić information content (AvgIpc) is 2.83. The van der Waals surface area contributed by atoms with Crippen molar-refractivity contribution in [2.75, 3.05) is 0 Å². The maximum Gasteiger partial charge on any atom is 0.363 e. The van der Waals surface area contributed by atoms with Crippen molar-refractivity contribution < 1.29 is 13.9 Å². The van der Waals surface area contributed by atoms with Gasteiger partial charge in [-0.3, -0.25) is 0 Å². The standard InChI is InChI=1S/C16H8Cl2FNO2/c17-10-4-5-13(18)12(8-10)15-20-14(16(21)22-15)7-9-2-1-3-11(19)6-9/h1-8H/b14-7-. The molecule has 6 heteroatoms. The van der Waals surface area contributed by atoms with Crippen LogP contribution in [0.15, 0.2) is 53.2 Å². The van der Waals surface area contributed by atoms with Crippen molar-refractivity contribution in [2.45, 2.75) is 0 Å². The van der Waals surface area contributed by atoms with E-state index in [0.29, 0.717) is 21.2 Å². The maximum atomic E-state index is 13.2. The third-order valence-electron chi connectivity index (χ3n) is 2.93. The summed E-state index contributed by atoms with van der Waals surface area (Å²) in [5.41, 5.74) is 0.996. The van der Waals surface area contributed by atoms with Gasteiger partial charge in [0.2, 0.25) is 5.90 Å². The van der Waals surface area contributed by atoms with Gasteiger partial charge in [-0.05, 0) is 42.0 Å². The van der Waals surface area contributed by atoms with Gasteiger partial charge in [-0.25, -0.2) is 14.2 Å². The summed E-state index contributed by atoms with van der Waals surface area (Å²) in [7, 11) is 0. The van der Waals surface area contributed by atoms with Crippen LogP contribution in [0.4, 0.5) is 4.39 Å². The summed E-state index contributed by atoms with van der Waals surface area (Å²) in [4.78, 5) is 16.0. The number of nitrogens with zero attached hydrogens (tertiary/aromatic N) is 1. The summed E-state index contributed by atoms with van der Waals surface area (Å²) >= 11 is 12.0. The fourth-order valence-electron chi connectivity index (χ4n) is 1.94. The second-order valence-corrected chi connectivity index (χ2v) is 5.36. The first kappa shape index (κ1) is 14.8. The number of rotatable bonds is 2. The van der Waals surface area contributed by atoms with Gasteiger partial charge in [0.1, 0.15) is 5.82 Å². The van der Waals surface area contributed by atoms with Crippen LogP contribution in [0.25, 0.3) is 6.08 Å². The first-order valence-electron chi connectivity index (χ1n) is 6.26. The lowest BCUT2D eigenvalue weighted by atomic mass is 10.2. The van der Waals surface area contributed by atoms with Gasteiger partial charge in [0.25, 0.3) is 0 Å². The van der Waals surface area contributed by atoms with E-state index in [1.54, 1.807) is 30.3 Å². The summed E-state index contributed by atoms with van der Waals surface area (Å²) in [6, 6.07) is 10.6. The monoisotopic (exact) mass is 335 g/mol. The Balaban J connectivity index is 2.00. The summed E-state index contributed by atoms with van der Waals surface area (Å²) in [5.74, 6) is -0.960. The molecule has 2 aromatic rings. The Hall–Kier alpha value is -2.17. The lowest BCUT2D eigenvalue weighted by Crippen LogP contribution is -2.06. The van der Waals surface area contributed by atoms with Crippen LogP contribution >= 0.6 is 23.2 Å². The minimum Gasteiger partial charge on any atom is -0.402 e. The number of benzene rings is 2. The molecule has 0 fully saturated rings. The van der Waals surface area contributed by atoms with Crippen LogP contribution in [0, 0.1) is 5.82 Å². The molecule has 0 radical (unpaired) electrons. The SMILES string of the molecule is O=C1OC(c2cc(Cl)ccc2Cl)=N/C1=C\c1cccc(F)c1. The molecule has 0 saturated heterocycles. The van der Waals surface area contributed by atoms with E-state index in [1.807, 2.05) is 0 Å². The zero-order valence-electron chi connectivity index (χ0n) is 11.0. The number of carbonyl (C=O) groups is 1. The van der Waals surface area contributed by atoms with Crippen molar-refractivity contribution in [2.24, 2.45) is 4.99 Å². The normalized spacial score (nSPS) is 15.9. The van der Waals surface area contributed by atoms with E-state index in [4.69, 9.17) is 27.9 Å². The third kappa shape index (κ3) is 3.03. The van der Waals surface area contributed by atoms with E-state index in [1.165, 1.54) is 18.2 Å². The molecule has 1 aliphatic heterocycles. The molecule has 1 heterocycles. The summed E-state index contributed by atoms with van der Waals surface area (Å²) in [6.07, 6.45) is 1.44. The van der Waals surface area contributed by atoms with Crippen molar-refractivity contribution in [1.82, 2.24) is 0 Å². The highest BCUT2D eigenvalue weighted by molar-refractivity contribution is 6.36. The molecule has 3 nitrogen and oxygen atoms in total. The van der Waals surface area contributed by atoms with Gasteiger partial charge in [0.15, 0.2) is 5.70 Å². The average molecular weight is 336 g/mol. The molecule has 0 unspecified atom stereocenters. The van der Waals surface area contributed by atoms with Crippen molar-refractivity contribution in [3.63, 3.8) is 0 Å². The van der Waals surface area contributed by atoms with Crippen molar-refractivity contribution in [1.29, 1.82) is 0 Å². The number of ether oxygens (including phenoxy) is 1. The van der Waals surface area contributed by atoms with Crippen LogP contribution in [-0.2, 0) is 9.53 Å².